The van der Waals surface area contributed by atoms with Gasteiger partial charge in [0.1, 0.15) is 29.1 Å². The van der Waals surface area contributed by atoms with E-state index < -0.39 is 60.8 Å². The molecule has 4 aliphatic rings. The van der Waals surface area contributed by atoms with Crippen LogP contribution in [0, 0.1) is 46.8 Å². The molecule has 4 fully saturated rings. The summed E-state index contributed by atoms with van der Waals surface area (Å²) in [7, 11) is 0. The number of aromatic carboxylic acids is 6. The van der Waals surface area contributed by atoms with Crippen LogP contribution >= 0.6 is 11.6 Å². The number of alkyl halides is 3. The molecule has 12 aromatic heterocycles. The first-order valence-electron chi connectivity index (χ1n) is 49.3. The molecule has 6 aromatic carbocycles. The van der Waals surface area contributed by atoms with E-state index in [9.17, 15) is 94.5 Å². The molecule has 30 nitrogen and oxygen atoms in total. The van der Waals surface area contributed by atoms with Crippen LogP contribution in [0.1, 0.15) is 245 Å². The molecule has 0 radical (unpaired) electrons. The molecule has 0 spiro atoms. The molecule has 4 saturated carbocycles. The van der Waals surface area contributed by atoms with Crippen LogP contribution in [0.25, 0.3) is 65.4 Å². The van der Waals surface area contributed by atoms with Gasteiger partial charge in [-0.2, -0.15) is 43.8 Å². The SMILES string of the molecule is CCCn1nc(Cc2cnccc2C(=O)O)c2cc(Cl)ccc21.O=C(O)c1ccncc1Cc1nn(C2CCCC2)c2ccc(F)cc12.O=C(O)c1ccncc1Cc1nn(CC2CCC2)c2ccc(F)cc12.O=C(O)c1ccncc1Cc1nn(CC2CCCC2)c2ccc(F)cc12.O=C(O)c1ccncc1Cc1nn(CCC(F)(F)F)c2ccc(F)cc12.O=C(O)c1ccncc1Cc1nn(CCC2CC2)c2ccc(F)cc12. The van der Waals surface area contributed by atoms with Gasteiger partial charge in [0.15, 0.2) is 0 Å². The molecule has 6 N–H and O–H groups in total. The lowest BCUT2D eigenvalue weighted by Crippen LogP contribution is -2.18. The van der Waals surface area contributed by atoms with Gasteiger partial charge >= 0.3 is 42.0 Å². The summed E-state index contributed by atoms with van der Waals surface area (Å²) in [6.07, 6.45) is 31.6. The molecule has 150 heavy (non-hydrogen) atoms. The van der Waals surface area contributed by atoms with Gasteiger partial charge in [-0.05, 0) is 248 Å². The van der Waals surface area contributed by atoms with Gasteiger partial charge in [-0.3, -0.25) is 58.0 Å². The Morgan fingerprint density at radius 1 is 0.313 bits per heavy atom. The predicted molar refractivity (Wildman–Crippen MR) is 542 cm³/mol. The Balaban J connectivity index is 0.000000123. The third-order valence-electron chi connectivity index (χ3n) is 27.4. The van der Waals surface area contributed by atoms with Gasteiger partial charge in [0.05, 0.1) is 120 Å². The van der Waals surface area contributed by atoms with Crippen LogP contribution in [0.3, 0.4) is 0 Å². The number of hydrogen-bond donors (Lipinski definition) is 6. The molecule has 4 aliphatic carbocycles. The van der Waals surface area contributed by atoms with E-state index in [-0.39, 0.29) is 68.8 Å². The lowest BCUT2D eigenvalue weighted by atomic mass is 9.85. The zero-order chi connectivity index (χ0) is 106. The molecule has 0 amide bonds. The Kier molecular flexibility index (Phi) is 33.0. The number of aromatic nitrogens is 18. The van der Waals surface area contributed by atoms with E-state index in [1.807, 2.05) is 41.6 Å². The number of benzene rings is 6. The Morgan fingerprint density at radius 3 is 0.880 bits per heavy atom. The first-order chi connectivity index (χ1) is 72.3. The average Bonchev–Trinajstić information content (AvgIpc) is 1.65. The molecule has 39 heteroatoms. The molecule has 772 valence electrons. The van der Waals surface area contributed by atoms with E-state index in [1.54, 1.807) is 49.1 Å². The number of nitrogens with zero attached hydrogens (tertiary/aromatic N) is 18. The summed E-state index contributed by atoms with van der Waals surface area (Å²) in [6, 6.07) is 37.2. The van der Waals surface area contributed by atoms with Crippen LogP contribution < -0.4 is 0 Å². The van der Waals surface area contributed by atoms with Gasteiger partial charge in [-0.15, -0.1) is 0 Å². The van der Waals surface area contributed by atoms with Crippen molar-refractivity contribution in [2.24, 2.45) is 17.8 Å². The minimum absolute atomic E-state index is 0.00838. The van der Waals surface area contributed by atoms with Crippen LogP contribution in [0.15, 0.2) is 220 Å². The fourth-order valence-electron chi connectivity index (χ4n) is 19.5. The molecule has 18 aromatic rings. The maximum Gasteiger partial charge on any atom is 0.390 e. The normalized spacial score (nSPS) is 13.6. The molecule has 0 aliphatic heterocycles. The standard InChI is InChI=1S/C20H20FN3O2.3C19H18FN3O2.C17H16ClN3O2.C17H13F4N3O2/c21-15-5-6-19-17(10-15)18(23-24(19)12-13-3-1-2-4-13)9-14-11-22-8-7-16(14)20(25)26;20-14-3-4-18-16(10-14)17(22-23(18)8-6-12-1-2-12)9-13-11-21-7-5-15(13)19(24)25;20-14-4-5-18-16(9-14)17(22-23(18)11-12-2-1-3-12)8-13-10-21-7-6-15(13)19(24)25;20-13-5-6-18-16(10-13)17(22-23(18)14-3-1-2-4-14)9-12-11-21-8-7-15(12)19(24)25;1-2-7-21-16-4-3-12(18)9-14(16)15(20-21)8-11-10-19-6-5-13(11)17(22)23;18-11-1-2-15-13(8-11)14(23-24(15)6-4-17(19,20)21)7-10-9-22-5-3-12(10)16(25)26/h5-8,10-11,13H,1-4,9,12H2,(H,25,26);3-5,7,10-12H,1-2,6,8-9H2,(H,24,25);4-7,9-10,12H,1-3,8,11H2,(H,24,25);5-8,10-11,14H,1-4,9H2,(H,24,25);3-6,9-10H,2,7-8H2,1H3,(H,22,23);1-3,5,8-9H,4,6-7H2,(H,25,26). The summed E-state index contributed by atoms with van der Waals surface area (Å²) in [5.41, 5.74) is 13.2. The highest BCUT2D eigenvalue weighted by Gasteiger charge is 2.32. The number of carbonyl (C=O) groups is 6. The van der Waals surface area contributed by atoms with E-state index in [1.165, 1.54) is 217 Å². The van der Waals surface area contributed by atoms with Crippen molar-refractivity contribution >= 4 is 113 Å². The number of aryl methyl sites for hydroxylation is 3. The molecule has 0 atom stereocenters. The minimum Gasteiger partial charge on any atom is -0.478 e. The Bertz CT molecular complexity index is 8040. The van der Waals surface area contributed by atoms with E-state index in [0.29, 0.717) is 122 Å². The summed E-state index contributed by atoms with van der Waals surface area (Å²) in [5, 5.41) is 88.5. The number of hydrogen-bond acceptors (Lipinski definition) is 18. The maximum absolute atomic E-state index is 13.8. The van der Waals surface area contributed by atoms with Gasteiger partial charge in [-0.25, -0.2) is 50.7 Å². The van der Waals surface area contributed by atoms with E-state index in [0.717, 1.165) is 129 Å². The lowest BCUT2D eigenvalue weighted by molar-refractivity contribution is -0.137. The van der Waals surface area contributed by atoms with E-state index in [4.69, 9.17) is 21.8 Å². The highest BCUT2D eigenvalue weighted by atomic mass is 35.5. The van der Waals surface area contributed by atoms with Crippen molar-refractivity contribution in [1.29, 1.82) is 0 Å². The molecule has 12 heterocycles. The zero-order valence-electron chi connectivity index (χ0n) is 81.3. The van der Waals surface area contributed by atoms with Crippen LogP contribution in [0.2, 0.25) is 5.02 Å². The molecular formula is C111H103ClF8N18O12. The maximum atomic E-state index is 13.8. The first kappa shape index (κ1) is 105. The average molecular weight is 2070 g/mol. The quantitative estimate of drug-likeness (QED) is 0.0228. The lowest BCUT2D eigenvalue weighted by Gasteiger charge is -2.25. The predicted octanol–water partition coefficient (Wildman–Crippen LogP) is 22.9. The van der Waals surface area contributed by atoms with Gasteiger partial charge in [0.2, 0.25) is 0 Å². The van der Waals surface area contributed by atoms with E-state index in [2.05, 4.69) is 57.2 Å². The van der Waals surface area contributed by atoms with Crippen molar-refractivity contribution in [2.75, 3.05) is 0 Å². The Hall–Kier alpha value is -16.4. The van der Waals surface area contributed by atoms with E-state index >= 15 is 0 Å². The number of pyridine rings is 6. The number of fused-ring (bicyclic) bond motifs is 6. The van der Waals surface area contributed by atoms with Crippen LogP contribution in [-0.4, -0.2) is 161 Å². The smallest absolute Gasteiger partial charge is 0.390 e. The summed E-state index contributed by atoms with van der Waals surface area (Å²) in [4.78, 5) is 92.4. The second-order valence-electron chi connectivity index (χ2n) is 37.7. The third kappa shape index (κ3) is 25.5. The van der Waals surface area contributed by atoms with Crippen LogP contribution in [-0.2, 0) is 71.2 Å². The monoisotopic (exact) mass is 2070 g/mol. The number of rotatable bonds is 30. The van der Waals surface area contributed by atoms with Crippen molar-refractivity contribution < 1.29 is 94.5 Å². The zero-order valence-corrected chi connectivity index (χ0v) is 82.0. The summed E-state index contributed by atoms with van der Waals surface area (Å²) in [6.45, 7) is 4.92. The Morgan fingerprint density at radius 2 is 0.580 bits per heavy atom. The van der Waals surface area contributed by atoms with Crippen LogP contribution in [0.4, 0.5) is 35.1 Å². The van der Waals surface area contributed by atoms with Crippen molar-refractivity contribution in [2.45, 2.75) is 193 Å². The second kappa shape index (κ2) is 47.2. The van der Waals surface area contributed by atoms with Crippen molar-refractivity contribution in [3.05, 3.63) is 355 Å². The molecule has 0 bridgehead atoms. The first-order valence-corrected chi connectivity index (χ1v) is 49.7. The molecule has 22 rings (SSSR count). The number of carboxylic acids is 6. The fourth-order valence-corrected chi connectivity index (χ4v) is 19.7. The van der Waals surface area contributed by atoms with Gasteiger partial charge in [-0.1, -0.05) is 63.5 Å². The number of halogens is 9. The highest BCUT2D eigenvalue weighted by molar-refractivity contribution is 6.31. The topological polar surface area (TPSA) is 408 Å². The molecule has 0 saturated heterocycles. The van der Waals surface area contributed by atoms with Crippen molar-refractivity contribution in [1.82, 2.24) is 88.6 Å². The van der Waals surface area contributed by atoms with Crippen molar-refractivity contribution in [3.63, 3.8) is 0 Å². The highest BCUT2D eigenvalue weighted by Crippen LogP contribution is 2.39. The third-order valence-corrected chi connectivity index (χ3v) is 27.6. The van der Waals surface area contributed by atoms with Crippen molar-refractivity contribution in [3.8, 4) is 0 Å². The Labute approximate surface area is 857 Å². The molecular weight excluding hydrogens is 1960 g/mol. The van der Waals surface area contributed by atoms with Gasteiger partial charge < -0.3 is 30.6 Å². The van der Waals surface area contributed by atoms with Gasteiger partial charge in [0.25, 0.3) is 0 Å². The summed E-state index contributed by atoms with van der Waals surface area (Å²) < 4.78 is 117. The largest absolute Gasteiger partial charge is 0.478 e. The summed E-state index contributed by atoms with van der Waals surface area (Å²) in [5.74, 6) is -5.94. The fraction of sp³-hybridized carbons (Fsp3) is 0.297. The van der Waals surface area contributed by atoms with Gasteiger partial charge in [0, 0.05) is 176 Å². The minimum atomic E-state index is -4.35. The number of carboxylic acid groups (broad SMARTS) is 6. The molecule has 0 unspecified atom stereocenters. The second-order valence-corrected chi connectivity index (χ2v) is 38.1. The summed E-state index contributed by atoms with van der Waals surface area (Å²) >= 11 is 6.12. The van der Waals surface area contributed by atoms with Crippen LogP contribution in [0.5, 0.6) is 0 Å².